The maximum absolute atomic E-state index is 12.5. The number of rotatable bonds is 6. The van der Waals surface area contributed by atoms with Crippen LogP contribution in [0.15, 0.2) is 47.9 Å². The van der Waals surface area contributed by atoms with Crippen molar-refractivity contribution in [1.29, 1.82) is 0 Å². The predicted molar refractivity (Wildman–Crippen MR) is 86.0 cm³/mol. The monoisotopic (exact) mass is 324 g/mol. The Balaban J connectivity index is 2.31. The zero-order valence-corrected chi connectivity index (χ0v) is 13.4. The quantitative estimate of drug-likeness (QED) is 0.464. The summed E-state index contributed by atoms with van der Waals surface area (Å²) in [4.78, 5) is 4.41. The van der Waals surface area contributed by atoms with E-state index < -0.39 is 10.0 Å². The predicted octanol–water partition coefficient (Wildman–Crippen LogP) is 3.47. The van der Waals surface area contributed by atoms with Crippen LogP contribution in [0.1, 0.15) is 12.8 Å². The molecule has 0 saturated heterocycles. The number of hydrogen-bond acceptors (Lipinski definition) is 3. The third-order valence-electron chi connectivity index (χ3n) is 3.22. The molecule has 21 heavy (non-hydrogen) atoms. The summed E-state index contributed by atoms with van der Waals surface area (Å²) in [6.45, 7) is 4.10. The van der Waals surface area contributed by atoms with Crippen molar-refractivity contribution in [3.63, 3.8) is 0 Å². The van der Waals surface area contributed by atoms with E-state index in [1.54, 1.807) is 43.5 Å². The van der Waals surface area contributed by atoms with E-state index in [1.807, 2.05) is 0 Å². The number of halogens is 1. The van der Waals surface area contributed by atoms with Crippen LogP contribution in [0, 0.1) is 0 Å². The van der Waals surface area contributed by atoms with E-state index in [0.29, 0.717) is 17.2 Å². The molecule has 6 heteroatoms. The van der Waals surface area contributed by atoms with E-state index in [-0.39, 0.29) is 4.90 Å². The van der Waals surface area contributed by atoms with E-state index in [9.17, 15) is 8.42 Å². The molecule has 0 amide bonds. The van der Waals surface area contributed by atoms with Crippen LogP contribution in [0.4, 0.5) is 0 Å². The summed E-state index contributed by atoms with van der Waals surface area (Å²) in [6.07, 6.45) is 3.33. The van der Waals surface area contributed by atoms with E-state index >= 15 is 0 Å². The Hall–Kier alpha value is -1.43. The van der Waals surface area contributed by atoms with Crippen LogP contribution in [-0.2, 0) is 10.0 Å². The fraction of sp³-hybridized carbons (Fsp3) is 0.267. The van der Waals surface area contributed by atoms with Crippen molar-refractivity contribution in [3.05, 3.63) is 48.1 Å². The van der Waals surface area contributed by atoms with Gasteiger partial charge in [0, 0.05) is 19.0 Å². The van der Waals surface area contributed by atoms with Gasteiger partial charge in [-0.25, -0.2) is 17.7 Å². The maximum Gasteiger partial charge on any atom is 0.242 e. The SMILES string of the molecule is C=CCCCN(C)S(=O)(=O)c1ccc2nc(Cl)ccc2c1. The highest BCUT2D eigenvalue weighted by molar-refractivity contribution is 7.89. The number of allylic oxidation sites excluding steroid dienone is 1. The van der Waals surface area contributed by atoms with E-state index in [1.165, 1.54) is 4.31 Å². The molecule has 0 radical (unpaired) electrons. The molecule has 0 bridgehead atoms. The molecule has 2 rings (SSSR count). The van der Waals surface area contributed by atoms with Gasteiger partial charge in [-0.3, -0.25) is 0 Å². The molecular formula is C15H17ClN2O2S. The topological polar surface area (TPSA) is 50.3 Å². The third kappa shape index (κ3) is 3.61. The van der Waals surface area contributed by atoms with Crippen LogP contribution >= 0.6 is 11.6 Å². The molecule has 0 aliphatic carbocycles. The Kier molecular flexibility index (Phi) is 4.98. The average molecular weight is 325 g/mol. The Labute approximate surface area is 130 Å². The highest BCUT2D eigenvalue weighted by atomic mass is 35.5. The minimum Gasteiger partial charge on any atom is -0.236 e. The summed E-state index contributed by atoms with van der Waals surface area (Å²) in [6, 6.07) is 8.27. The van der Waals surface area contributed by atoms with E-state index in [0.717, 1.165) is 18.2 Å². The first-order valence-corrected chi connectivity index (χ1v) is 8.40. The molecule has 0 saturated carbocycles. The minimum atomic E-state index is -3.48. The van der Waals surface area contributed by atoms with Crippen LogP contribution in [0.25, 0.3) is 10.9 Å². The number of fused-ring (bicyclic) bond motifs is 1. The lowest BCUT2D eigenvalue weighted by Gasteiger charge is -2.17. The lowest BCUT2D eigenvalue weighted by molar-refractivity contribution is 0.463. The zero-order chi connectivity index (χ0) is 15.5. The van der Waals surface area contributed by atoms with E-state index in [2.05, 4.69) is 11.6 Å². The highest BCUT2D eigenvalue weighted by Crippen LogP contribution is 2.22. The molecule has 1 aromatic carbocycles. The largest absolute Gasteiger partial charge is 0.242 e. The molecule has 2 aromatic rings. The van der Waals surface area contributed by atoms with Gasteiger partial charge in [-0.15, -0.1) is 6.58 Å². The van der Waals surface area contributed by atoms with Gasteiger partial charge in [-0.2, -0.15) is 0 Å². The number of hydrogen-bond donors (Lipinski definition) is 0. The van der Waals surface area contributed by atoms with Gasteiger partial charge in [-0.05, 0) is 43.2 Å². The summed E-state index contributed by atoms with van der Waals surface area (Å²) in [5.74, 6) is 0. The average Bonchev–Trinajstić information content (AvgIpc) is 2.46. The number of sulfonamides is 1. The van der Waals surface area contributed by atoms with Crippen molar-refractivity contribution < 1.29 is 8.42 Å². The lowest BCUT2D eigenvalue weighted by Crippen LogP contribution is -2.27. The Morgan fingerprint density at radius 3 is 2.81 bits per heavy atom. The van der Waals surface area contributed by atoms with Crippen LogP contribution in [0.5, 0.6) is 0 Å². The molecule has 0 aliphatic rings. The Morgan fingerprint density at radius 1 is 1.33 bits per heavy atom. The summed E-state index contributed by atoms with van der Waals surface area (Å²) in [5, 5.41) is 1.14. The van der Waals surface area contributed by atoms with Crippen molar-refractivity contribution in [2.45, 2.75) is 17.7 Å². The molecule has 1 aromatic heterocycles. The van der Waals surface area contributed by atoms with Crippen LogP contribution in [0.3, 0.4) is 0 Å². The van der Waals surface area contributed by atoms with Gasteiger partial charge in [-0.1, -0.05) is 17.7 Å². The van der Waals surface area contributed by atoms with Crippen LogP contribution in [0.2, 0.25) is 5.15 Å². The molecule has 0 spiro atoms. The summed E-state index contributed by atoms with van der Waals surface area (Å²) in [7, 11) is -1.90. The van der Waals surface area contributed by atoms with Crippen molar-refractivity contribution in [3.8, 4) is 0 Å². The summed E-state index contributed by atoms with van der Waals surface area (Å²) < 4.78 is 26.3. The maximum atomic E-state index is 12.5. The van der Waals surface area contributed by atoms with Gasteiger partial charge in [0.25, 0.3) is 0 Å². The van der Waals surface area contributed by atoms with Gasteiger partial charge in [0.05, 0.1) is 10.4 Å². The summed E-state index contributed by atoms with van der Waals surface area (Å²) >= 11 is 5.82. The summed E-state index contributed by atoms with van der Waals surface area (Å²) in [5.41, 5.74) is 0.677. The van der Waals surface area contributed by atoms with Gasteiger partial charge in [0.2, 0.25) is 10.0 Å². The fourth-order valence-corrected chi connectivity index (χ4v) is 3.40. The Bertz CT molecular complexity index is 759. The molecule has 1 heterocycles. The van der Waals surface area contributed by atoms with Crippen molar-refractivity contribution in [2.24, 2.45) is 0 Å². The van der Waals surface area contributed by atoms with Crippen LogP contribution < -0.4 is 0 Å². The number of benzene rings is 1. The van der Waals surface area contributed by atoms with Crippen LogP contribution in [-0.4, -0.2) is 31.3 Å². The third-order valence-corrected chi connectivity index (χ3v) is 5.28. The smallest absolute Gasteiger partial charge is 0.236 e. The molecule has 0 fully saturated rings. The second-order valence-corrected chi connectivity index (χ2v) is 7.18. The number of aromatic nitrogens is 1. The van der Waals surface area contributed by atoms with Gasteiger partial charge in [0.15, 0.2) is 0 Å². The normalized spacial score (nSPS) is 12.0. The first-order chi connectivity index (χ1) is 9.95. The minimum absolute atomic E-state index is 0.264. The molecule has 112 valence electrons. The van der Waals surface area contributed by atoms with E-state index in [4.69, 9.17) is 11.6 Å². The number of nitrogens with zero attached hydrogens (tertiary/aromatic N) is 2. The molecule has 0 unspecified atom stereocenters. The standard InChI is InChI=1S/C15H17ClN2O2S/c1-3-4-5-10-18(2)21(19,20)13-7-8-14-12(11-13)6-9-15(16)17-14/h3,6-9,11H,1,4-5,10H2,2H3. The molecular weight excluding hydrogens is 308 g/mol. The number of unbranched alkanes of at least 4 members (excludes halogenated alkanes) is 1. The van der Waals surface area contributed by atoms with Crippen molar-refractivity contribution >= 4 is 32.5 Å². The zero-order valence-electron chi connectivity index (χ0n) is 11.8. The first-order valence-electron chi connectivity index (χ1n) is 6.58. The second kappa shape index (κ2) is 6.56. The van der Waals surface area contributed by atoms with Gasteiger partial charge < -0.3 is 0 Å². The molecule has 0 aliphatic heterocycles. The van der Waals surface area contributed by atoms with Crippen molar-refractivity contribution in [2.75, 3.05) is 13.6 Å². The van der Waals surface area contributed by atoms with Crippen molar-refractivity contribution in [1.82, 2.24) is 9.29 Å². The molecule has 4 nitrogen and oxygen atoms in total. The molecule has 0 N–H and O–H groups in total. The second-order valence-electron chi connectivity index (χ2n) is 4.75. The highest BCUT2D eigenvalue weighted by Gasteiger charge is 2.20. The first kappa shape index (κ1) is 15.9. The fourth-order valence-electron chi connectivity index (χ4n) is 2.00. The lowest BCUT2D eigenvalue weighted by atomic mass is 10.2. The van der Waals surface area contributed by atoms with Gasteiger partial charge in [0.1, 0.15) is 5.15 Å². The van der Waals surface area contributed by atoms with Gasteiger partial charge >= 0.3 is 0 Å². The molecule has 0 atom stereocenters. The Morgan fingerprint density at radius 2 is 2.10 bits per heavy atom. The number of pyridine rings is 1.